The fourth-order valence-corrected chi connectivity index (χ4v) is 7.10. The Kier molecular flexibility index (Phi) is 4.82. The van der Waals surface area contributed by atoms with Gasteiger partial charge in [0, 0.05) is 35.4 Å². The first-order chi connectivity index (χ1) is 16.5. The van der Waals surface area contributed by atoms with Crippen LogP contribution < -0.4 is 4.90 Å². The van der Waals surface area contributed by atoms with E-state index in [-0.39, 0.29) is 18.4 Å². The Balaban J connectivity index is 1.19. The van der Waals surface area contributed by atoms with Crippen molar-refractivity contribution < 1.29 is 18.5 Å². The highest BCUT2D eigenvalue weighted by Crippen LogP contribution is 2.63. The third-order valence-corrected chi connectivity index (χ3v) is 8.42. The lowest BCUT2D eigenvalue weighted by molar-refractivity contribution is 0.129. The van der Waals surface area contributed by atoms with Gasteiger partial charge in [0.2, 0.25) is 0 Å². The molecule has 3 fully saturated rings. The predicted molar refractivity (Wildman–Crippen MR) is 119 cm³/mol. The van der Waals surface area contributed by atoms with Crippen molar-refractivity contribution in [3.8, 4) is 17.2 Å². The molecule has 0 bridgehead atoms. The Morgan fingerprint density at radius 3 is 2.76 bits per heavy atom. The maximum absolute atomic E-state index is 15.0. The van der Waals surface area contributed by atoms with Crippen molar-refractivity contribution in [1.82, 2.24) is 20.0 Å². The molecule has 0 radical (unpaired) electrons. The van der Waals surface area contributed by atoms with Crippen molar-refractivity contribution in [2.75, 3.05) is 23.0 Å². The number of rotatable bonds is 5. The topological polar surface area (TPSA) is 120 Å². The largest absolute Gasteiger partial charge is 0.616 e. The number of benzene rings is 1. The number of halogens is 1. The zero-order valence-corrected chi connectivity index (χ0v) is 18.7. The van der Waals surface area contributed by atoms with E-state index in [2.05, 4.69) is 21.4 Å². The monoisotopic (exact) mass is 478 g/mol. The maximum Gasteiger partial charge on any atom is 0.414 e. The van der Waals surface area contributed by atoms with Gasteiger partial charge in [0.1, 0.15) is 28.8 Å². The molecule has 1 saturated carbocycles. The average Bonchev–Trinajstić information content (AvgIpc) is 3.31. The number of fused-ring (bicyclic) bond motifs is 1. The van der Waals surface area contributed by atoms with Crippen LogP contribution in [-0.2, 0) is 27.9 Å². The van der Waals surface area contributed by atoms with Crippen LogP contribution in [0.25, 0.3) is 11.1 Å². The van der Waals surface area contributed by atoms with Crippen molar-refractivity contribution in [2.24, 2.45) is 11.8 Å². The minimum Gasteiger partial charge on any atom is -0.616 e. The van der Waals surface area contributed by atoms with Gasteiger partial charge in [-0.05, 0) is 24.3 Å². The molecule has 0 spiro atoms. The highest BCUT2D eigenvalue weighted by molar-refractivity contribution is 7.91. The molecule has 11 heteroatoms. The van der Waals surface area contributed by atoms with Gasteiger partial charge in [0.15, 0.2) is 0 Å². The Labute approximate surface area is 197 Å². The molecule has 1 aliphatic carbocycles. The Morgan fingerprint density at radius 2 is 2.12 bits per heavy atom. The molecule has 3 aromatic rings. The van der Waals surface area contributed by atoms with Gasteiger partial charge >= 0.3 is 6.09 Å². The summed E-state index contributed by atoms with van der Waals surface area (Å²) in [6, 6.07) is 10.5. The molecule has 34 heavy (non-hydrogen) atoms. The minimum absolute atomic E-state index is 0.0845. The van der Waals surface area contributed by atoms with Crippen molar-refractivity contribution in [3.05, 3.63) is 60.4 Å². The van der Waals surface area contributed by atoms with Crippen LogP contribution >= 0.6 is 0 Å². The highest BCUT2D eigenvalue weighted by Gasteiger charge is 2.73. The minimum atomic E-state index is -0.852. The van der Waals surface area contributed by atoms with Crippen LogP contribution in [0.5, 0.6) is 0 Å². The summed E-state index contributed by atoms with van der Waals surface area (Å²) < 4.78 is 33.7. The summed E-state index contributed by atoms with van der Waals surface area (Å²) in [6.07, 6.45) is 3.83. The van der Waals surface area contributed by atoms with E-state index in [4.69, 9.17) is 4.74 Å². The fourth-order valence-electron chi connectivity index (χ4n) is 5.18. The molecule has 9 nitrogen and oxygen atoms in total. The molecule has 1 unspecified atom stereocenters. The van der Waals surface area contributed by atoms with Gasteiger partial charge in [-0.2, -0.15) is 5.26 Å². The molecular formula is C23H19FN6O3S. The third-order valence-electron chi connectivity index (χ3n) is 6.96. The number of hydrogen-bond donors (Lipinski definition) is 0. The number of carbonyl (C=O) groups is 1. The number of aromatic nitrogens is 4. The normalized spacial score (nSPS) is 29.6. The molecule has 2 aliphatic heterocycles. The molecular weight excluding hydrogens is 459 g/mol. The van der Waals surface area contributed by atoms with E-state index < -0.39 is 34.6 Å². The number of cyclic esters (lactones) is 1. The Bertz CT molecular complexity index is 1280. The second-order valence-electron chi connectivity index (χ2n) is 8.80. The molecule has 5 atom stereocenters. The summed E-state index contributed by atoms with van der Waals surface area (Å²) in [7, 11) is 0. The first-order valence-electron chi connectivity index (χ1n) is 10.8. The summed E-state index contributed by atoms with van der Waals surface area (Å²) in [6.45, 7) is 0.639. The zero-order valence-electron chi connectivity index (χ0n) is 17.9. The first kappa shape index (κ1) is 21.1. The van der Waals surface area contributed by atoms with E-state index in [1.165, 1.54) is 11.0 Å². The lowest BCUT2D eigenvalue weighted by Crippen LogP contribution is -2.26. The number of nitrogens with zero attached hydrogens (tertiary/aromatic N) is 6. The smallest absolute Gasteiger partial charge is 0.414 e. The van der Waals surface area contributed by atoms with Crippen LogP contribution in [0, 0.1) is 29.0 Å². The number of nitriles is 1. The summed E-state index contributed by atoms with van der Waals surface area (Å²) in [5, 5.41) is 17.4. The number of carbonyl (C=O) groups excluding carboxylic acids is 1. The molecule has 3 aliphatic rings. The molecule has 2 aromatic heterocycles. The maximum atomic E-state index is 15.0. The molecule has 1 aromatic carbocycles. The van der Waals surface area contributed by atoms with Crippen LogP contribution in [0.1, 0.15) is 5.69 Å². The van der Waals surface area contributed by atoms with Gasteiger partial charge in [-0.15, -0.1) is 5.10 Å². The molecule has 6 rings (SSSR count). The SMILES string of the molecule is N#C[C@]1(c2ccc(-c3ccc(N4C[C@H](Cn5ccnn5)OC4=O)cc3F)cn2)[C@@H]2C[S+]([O-])C[C@@H]21. The number of pyridine rings is 1. The lowest BCUT2D eigenvalue weighted by Gasteiger charge is -2.16. The van der Waals surface area contributed by atoms with Crippen molar-refractivity contribution >= 4 is 23.0 Å². The first-order valence-corrected chi connectivity index (χ1v) is 12.3. The van der Waals surface area contributed by atoms with Crippen molar-refractivity contribution in [2.45, 2.75) is 18.1 Å². The summed E-state index contributed by atoms with van der Waals surface area (Å²) >= 11 is -0.852. The van der Waals surface area contributed by atoms with Gasteiger partial charge < -0.3 is 9.29 Å². The molecule has 1 amide bonds. The number of ether oxygens (including phenoxy) is 1. The molecule has 172 valence electrons. The van der Waals surface area contributed by atoms with E-state index in [9.17, 15) is 14.6 Å². The third kappa shape index (κ3) is 3.25. The summed E-state index contributed by atoms with van der Waals surface area (Å²) in [5.74, 6) is 0.753. The Hall–Kier alpha value is -3.49. The predicted octanol–water partition coefficient (Wildman–Crippen LogP) is 2.27. The van der Waals surface area contributed by atoms with Crippen LogP contribution in [-0.4, -0.2) is 54.8 Å². The van der Waals surface area contributed by atoms with Gasteiger partial charge in [-0.1, -0.05) is 22.5 Å². The van der Waals surface area contributed by atoms with Gasteiger partial charge in [-0.3, -0.25) is 9.88 Å². The van der Waals surface area contributed by atoms with Gasteiger partial charge in [0.25, 0.3) is 0 Å². The van der Waals surface area contributed by atoms with Crippen LogP contribution in [0.15, 0.2) is 48.9 Å². The van der Waals surface area contributed by atoms with E-state index >= 15 is 4.39 Å². The number of amides is 1. The zero-order chi connectivity index (χ0) is 23.4. The van der Waals surface area contributed by atoms with E-state index in [1.807, 2.05) is 0 Å². The molecule has 0 N–H and O–H groups in total. The van der Waals surface area contributed by atoms with E-state index in [0.717, 1.165) is 0 Å². The molecule has 2 saturated heterocycles. The number of anilines is 1. The number of hydrogen-bond acceptors (Lipinski definition) is 7. The van der Waals surface area contributed by atoms with Gasteiger partial charge in [-0.25, -0.2) is 13.9 Å². The second kappa shape index (κ2) is 7.78. The molecule has 4 heterocycles. The van der Waals surface area contributed by atoms with Crippen LogP contribution in [0.3, 0.4) is 0 Å². The summed E-state index contributed by atoms with van der Waals surface area (Å²) in [5.41, 5.74) is 1.30. The average molecular weight is 479 g/mol. The summed E-state index contributed by atoms with van der Waals surface area (Å²) in [4.78, 5) is 18.2. The lowest BCUT2D eigenvalue weighted by atomic mass is 9.97. The quantitative estimate of drug-likeness (QED) is 0.516. The van der Waals surface area contributed by atoms with Crippen molar-refractivity contribution in [1.29, 1.82) is 5.26 Å². The van der Waals surface area contributed by atoms with E-state index in [1.54, 1.807) is 47.5 Å². The van der Waals surface area contributed by atoms with E-state index in [0.29, 0.717) is 40.6 Å². The Morgan fingerprint density at radius 1 is 1.29 bits per heavy atom. The van der Waals surface area contributed by atoms with Crippen LogP contribution in [0.4, 0.5) is 14.9 Å². The second-order valence-corrected chi connectivity index (χ2v) is 10.4. The van der Waals surface area contributed by atoms with Crippen molar-refractivity contribution in [3.63, 3.8) is 0 Å². The fraction of sp³-hybridized carbons (Fsp3) is 0.348. The standard InChI is InChI=1S/C23H19FN6O3S/c24-20-7-15(30-10-16(33-22(30)31)9-29-6-5-27-28-29)2-3-17(20)14-1-4-21(26-8-14)23(13-25)18-11-34(32)12-19(18)23/h1-8,16,18-19H,9-12H2/t16-,18-,19+,23+,34?/m0/s1. The van der Waals surface area contributed by atoms with Crippen LogP contribution in [0.2, 0.25) is 0 Å². The highest BCUT2D eigenvalue weighted by atomic mass is 32.2. The van der Waals surface area contributed by atoms with Gasteiger partial charge in [0.05, 0.1) is 36.7 Å².